The summed E-state index contributed by atoms with van der Waals surface area (Å²) in [6.45, 7) is 1.84. The molecule has 0 fully saturated rings. The van der Waals surface area contributed by atoms with E-state index in [0.29, 0.717) is 17.2 Å². The maximum atomic E-state index is 12.1. The highest BCUT2D eigenvalue weighted by molar-refractivity contribution is 7.10. The van der Waals surface area contributed by atoms with Gasteiger partial charge in [-0.15, -0.1) is 11.3 Å². The number of nitriles is 1. The van der Waals surface area contributed by atoms with Crippen molar-refractivity contribution in [3.63, 3.8) is 0 Å². The first-order chi connectivity index (χ1) is 14.1. The van der Waals surface area contributed by atoms with E-state index in [2.05, 4.69) is 21.4 Å². The van der Waals surface area contributed by atoms with Crippen molar-refractivity contribution in [2.75, 3.05) is 7.11 Å². The van der Waals surface area contributed by atoms with Crippen molar-refractivity contribution in [2.24, 2.45) is 4.99 Å². The fourth-order valence-corrected chi connectivity index (χ4v) is 4.41. The average molecular weight is 403 g/mol. The molecule has 3 aromatic rings. The summed E-state index contributed by atoms with van der Waals surface area (Å²) in [7, 11) is 1.55. The second kappa shape index (κ2) is 7.81. The maximum Gasteiger partial charge on any atom is 0.341 e. The minimum Gasteiger partial charge on any atom is -0.481 e. The van der Waals surface area contributed by atoms with Crippen molar-refractivity contribution in [1.29, 1.82) is 5.26 Å². The summed E-state index contributed by atoms with van der Waals surface area (Å²) in [5.74, 6) is 0.226. The van der Waals surface area contributed by atoms with E-state index < -0.39 is 6.03 Å². The molecule has 2 aromatic heterocycles. The molecule has 0 saturated heterocycles. The first-order valence-electron chi connectivity index (χ1n) is 8.91. The van der Waals surface area contributed by atoms with Gasteiger partial charge in [0.1, 0.15) is 5.01 Å². The van der Waals surface area contributed by atoms with Crippen LogP contribution in [0.25, 0.3) is 11.3 Å². The van der Waals surface area contributed by atoms with Crippen molar-refractivity contribution < 1.29 is 9.53 Å². The van der Waals surface area contributed by atoms with E-state index in [-0.39, 0.29) is 12.0 Å². The lowest BCUT2D eigenvalue weighted by Crippen LogP contribution is -2.38. The summed E-state index contributed by atoms with van der Waals surface area (Å²) >= 11 is 1.51. The summed E-state index contributed by atoms with van der Waals surface area (Å²) in [4.78, 5) is 25.3. The number of hydrogen-bond donors (Lipinski definition) is 1. The van der Waals surface area contributed by atoms with Crippen molar-refractivity contribution in [3.05, 3.63) is 64.1 Å². The van der Waals surface area contributed by atoms with E-state index in [1.807, 2.05) is 36.6 Å². The minimum atomic E-state index is -0.390. The van der Waals surface area contributed by atoms with Crippen LogP contribution in [0.5, 0.6) is 5.88 Å². The van der Waals surface area contributed by atoms with Crippen LogP contribution in [0.15, 0.2) is 53.0 Å². The molecule has 144 valence electrons. The average Bonchev–Trinajstić information content (AvgIpc) is 3.22. The van der Waals surface area contributed by atoms with Gasteiger partial charge in [0.2, 0.25) is 5.88 Å². The molecule has 2 atom stereocenters. The number of urea groups is 1. The lowest BCUT2D eigenvalue weighted by atomic mass is 9.89. The van der Waals surface area contributed by atoms with Crippen molar-refractivity contribution in [2.45, 2.75) is 18.9 Å². The second-order valence-electron chi connectivity index (χ2n) is 6.52. The number of methoxy groups -OCH3 is 1. The standard InChI is InChI=1S/C21H17N5O2S/c1-12-17(18(26-21(27)24-12)15-4-3-9-23-19(15)28-2)20-25-16(11-29-20)14-7-5-13(10-22)6-8-14/h3-9,11,17-18H,1-2H3,(H,26,27). The number of nitrogens with zero attached hydrogens (tertiary/aromatic N) is 4. The van der Waals surface area contributed by atoms with Gasteiger partial charge in [-0.25, -0.2) is 19.8 Å². The first kappa shape index (κ1) is 18.8. The van der Waals surface area contributed by atoms with Crippen LogP contribution >= 0.6 is 11.3 Å². The highest BCUT2D eigenvalue weighted by atomic mass is 32.1. The first-order valence-corrected chi connectivity index (χ1v) is 9.79. The molecule has 0 bridgehead atoms. The zero-order valence-electron chi connectivity index (χ0n) is 15.8. The number of hydrogen-bond acceptors (Lipinski definition) is 6. The van der Waals surface area contributed by atoms with Crippen LogP contribution in [-0.4, -0.2) is 28.8 Å². The van der Waals surface area contributed by atoms with Crippen molar-refractivity contribution >= 4 is 23.1 Å². The van der Waals surface area contributed by atoms with E-state index >= 15 is 0 Å². The van der Waals surface area contributed by atoms with Crippen molar-refractivity contribution in [3.8, 4) is 23.2 Å². The Labute approximate surface area is 171 Å². The molecule has 1 aliphatic rings. The predicted octanol–water partition coefficient (Wildman–Crippen LogP) is 4.09. The number of thiazole rings is 1. The van der Waals surface area contributed by atoms with Gasteiger partial charge in [-0.3, -0.25) is 0 Å². The van der Waals surface area contributed by atoms with E-state index in [0.717, 1.165) is 21.8 Å². The third-order valence-corrected chi connectivity index (χ3v) is 5.69. The number of aliphatic imine (C=N–C) groups is 1. The molecule has 1 aromatic carbocycles. The summed E-state index contributed by atoms with van der Waals surface area (Å²) in [5, 5.41) is 14.7. The van der Waals surface area contributed by atoms with Gasteiger partial charge >= 0.3 is 6.03 Å². The molecule has 2 amide bonds. The molecule has 8 heteroatoms. The van der Waals surface area contributed by atoms with Gasteiger partial charge in [0.25, 0.3) is 0 Å². The topological polar surface area (TPSA) is 100 Å². The summed E-state index contributed by atoms with van der Waals surface area (Å²) in [6, 6.07) is 12.3. The molecule has 0 spiro atoms. The summed E-state index contributed by atoms with van der Waals surface area (Å²) < 4.78 is 5.40. The van der Waals surface area contributed by atoms with Gasteiger partial charge in [0.15, 0.2) is 0 Å². The molecule has 0 saturated carbocycles. The molecule has 1 aliphatic heterocycles. The third-order valence-electron chi connectivity index (χ3n) is 4.77. The molecule has 2 unspecified atom stereocenters. The molecule has 29 heavy (non-hydrogen) atoms. The Morgan fingerprint density at radius 2 is 2.03 bits per heavy atom. The fraction of sp³-hybridized carbons (Fsp3) is 0.190. The highest BCUT2D eigenvalue weighted by Gasteiger charge is 2.36. The predicted molar refractivity (Wildman–Crippen MR) is 110 cm³/mol. The Kier molecular flexibility index (Phi) is 5.06. The number of ether oxygens (including phenoxy) is 1. The fourth-order valence-electron chi connectivity index (χ4n) is 3.39. The Hall–Kier alpha value is -3.57. The Bertz CT molecular complexity index is 1130. The van der Waals surface area contributed by atoms with Crippen LogP contribution in [0.3, 0.4) is 0 Å². The maximum absolute atomic E-state index is 12.1. The molecule has 0 aliphatic carbocycles. The monoisotopic (exact) mass is 403 g/mol. The number of benzene rings is 1. The molecule has 1 N–H and O–H groups in total. The van der Waals surface area contributed by atoms with Crippen molar-refractivity contribution in [1.82, 2.24) is 15.3 Å². The number of aromatic nitrogens is 2. The van der Waals surface area contributed by atoms with E-state index in [4.69, 9.17) is 15.0 Å². The van der Waals surface area contributed by atoms with Gasteiger partial charge in [-0.2, -0.15) is 5.26 Å². The highest BCUT2D eigenvalue weighted by Crippen LogP contribution is 2.40. The molecule has 7 nitrogen and oxygen atoms in total. The number of amides is 2. The second-order valence-corrected chi connectivity index (χ2v) is 7.41. The lowest BCUT2D eigenvalue weighted by Gasteiger charge is -2.30. The minimum absolute atomic E-state index is 0.233. The third kappa shape index (κ3) is 3.60. The molecule has 4 rings (SSSR count). The zero-order chi connectivity index (χ0) is 20.4. The number of rotatable bonds is 4. The van der Waals surface area contributed by atoms with E-state index in [1.54, 1.807) is 25.4 Å². The van der Waals surface area contributed by atoms with Crippen LogP contribution in [-0.2, 0) is 0 Å². The van der Waals surface area contributed by atoms with E-state index in [1.165, 1.54) is 11.3 Å². The normalized spacial score (nSPS) is 18.5. The molecule has 0 radical (unpaired) electrons. The van der Waals surface area contributed by atoms with Crippen LogP contribution in [0.2, 0.25) is 0 Å². The largest absolute Gasteiger partial charge is 0.481 e. The van der Waals surface area contributed by atoms with Crippen LogP contribution in [0.1, 0.15) is 35.0 Å². The van der Waals surface area contributed by atoms with Crippen LogP contribution in [0, 0.1) is 11.3 Å². The number of nitrogens with one attached hydrogen (secondary N) is 1. The van der Waals surface area contributed by atoms with Gasteiger partial charge < -0.3 is 10.1 Å². The summed E-state index contributed by atoms with van der Waals surface area (Å²) in [5.41, 5.74) is 3.81. The SMILES string of the molecule is COc1ncccc1C1NC(=O)N=C(C)C1c1nc(-c2ccc(C#N)cc2)cs1. The Balaban J connectivity index is 1.74. The van der Waals surface area contributed by atoms with Crippen LogP contribution in [0.4, 0.5) is 4.79 Å². The molecular weight excluding hydrogens is 386 g/mol. The van der Waals surface area contributed by atoms with Gasteiger partial charge in [-0.1, -0.05) is 12.1 Å². The van der Waals surface area contributed by atoms with Gasteiger partial charge in [-0.05, 0) is 31.2 Å². The molecular formula is C21H17N5O2S. The molecule has 3 heterocycles. The van der Waals surface area contributed by atoms with Gasteiger partial charge in [0.05, 0.1) is 36.4 Å². The number of carbonyl (C=O) groups excluding carboxylic acids is 1. The van der Waals surface area contributed by atoms with E-state index in [9.17, 15) is 4.79 Å². The zero-order valence-corrected chi connectivity index (χ0v) is 16.6. The smallest absolute Gasteiger partial charge is 0.341 e. The quantitative estimate of drug-likeness (QED) is 0.707. The Morgan fingerprint density at radius 1 is 1.24 bits per heavy atom. The number of pyridine rings is 1. The summed E-state index contributed by atoms with van der Waals surface area (Å²) in [6.07, 6.45) is 1.65. The lowest BCUT2D eigenvalue weighted by molar-refractivity contribution is 0.242. The van der Waals surface area contributed by atoms with Gasteiger partial charge in [0, 0.05) is 28.4 Å². The Morgan fingerprint density at radius 3 is 2.76 bits per heavy atom. The van der Waals surface area contributed by atoms with Crippen LogP contribution < -0.4 is 10.1 Å². The number of carbonyl (C=O) groups is 1.